The van der Waals surface area contributed by atoms with Gasteiger partial charge in [0.15, 0.2) is 5.96 Å². The number of hydrogen-bond donors (Lipinski definition) is 2. The first-order chi connectivity index (χ1) is 11.6. The van der Waals surface area contributed by atoms with E-state index >= 15 is 0 Å². The Balaban J connectivity index is 2.31. The Kier molecular flexibility index (Phi) is 9.16. The molecule has 1 aliphatic rings. The molecular formula is C17H37N5O2S. The van der Waals surface area contributed by atoms with Crippen LogP contribution in [0, 0.1) is 5.92 Å². The van der Waals surface area contributed by atoms with Crippen molar-refractivity contribution in [3.63, 3.8) is 0 Å². The first kappa shape index (κ1) is 22.2. The highest BCUT2D eigenvalue weighted by Crippen LogP contribution is 2.18. The van der Waals surface area contributed by atoms with Gasteiger partial charge in [0.1, 0.15) is 0 Å². The van der Waals surface area contributed by atoms with Crippen molar-refractivity contribution in [3.05, 3.63) is 0 Å². The first-order valence-electron chi connectivity index (χ1n) is 9.30. The van der Waals surface area contributed by atoms with Gasteiger partial charge in [-0.25, -0.2) is 12.7 Å². The number of guanidine groups is 1. The van der Waals surface area contributed by atoms with Crippen molar-refractivity contribution in [2.24, 2.45) is 10.9 Å². The van der Waals surface area contributed by atoms with E-state index < -0.39 is 10.0 Å². The van der Waals surface area contributed by atoms with Gasteiger partial charge in [-0.1, -0.05) is 0 Å². The standard InChI is InChI=1S/C17H37N5O2S/c1-14(2)22(15(3)4)12-9-19-17(18-5)20-13-16-7-10-21(11-8-16)25(6,23)24/h14-16H,7-13H2,1-6H3,(H2,18,19,20). The molecule has 1 aliphatic heterocycles. The van der Waals surface area contributed by atoms with Crippen LogP contribution in [0.4, 0.5) is 0 Å². The van der Waals surface area contributed by atoms with Crippen LogP contribution in [0.25, 0.3) is 0 Å². The molecule has 2 N–H and O–H groups in total. The summed E-state index contributed by atoms with van der Waals surface area (Å²) in [4.78, 5) is 6.73. The Morgan fingerprint density at radius 1 is 1.16 bits per heavy atom. The Morgan fingerprint density at radius 2 is 1.72 bits per heavy atom. The number of piperidine rings is 1. The maximum Gasteiger partial charge on any atom is 0.211 e. The Bertz CT molecular complexity index is 503. The number of hydrogen-bond acceptors (Lipinski definition) is 4. The smallest absolute Gasteiger partial charge is 0.211 e. The number of aliphatic imine (C=N–C) groups is 1. The van der Waals surface area contributed by atoms with Gasteiger partial charge in [-0.3, -0.25) is 9.89 Å². The van der Waals surface area contributed by atoms with E-state index in [9.17, 15) is 8.42 Å². The third kappa shape index (κ3) is 7.92. The summed E-state index contributed by atoms with van der Waals surface area (Å²) >= 11 is 0. The molecule has 0 amide bonds. The monoisotopic (exact) mass is 375 g/mol. The molecule has 0 aliphatic carbocycles. The summed E-state index contributed by atoms with van der Waals surface area (Å²) in [5.74, 6) is 1.30. The largest absolute Gasteiger partial charge is 0.356 e. The van der Waals surface area contributed by atoms with Crippen molar-refractivity contribution in [1.29, 1.82) is 0 Å². The summed E-state index contributed by atoms with van der Waals surface area (Å²) in [6.45, 7) is 12.8. The van der Waals surface area contributed by atoms with Crippen LogP contribution >= 0.6 is 0 Å². The quantitative estimate of drug-likeness (QED) is 0.488. The zero-order chi connectivity index (χ0) is 19.0. The van der Waals surface area contributed by atoms with Crippen LogP contribution in [-0.4, -0.2) is 81.7 Å². The lowest BCUT2D eigenvalue weighted by molar-refractivity contribution is 0.178. The normalized spacial score (nSPS) is 18.4. The minimum absolute atomic E-state index is 0.486. The molecule has 0 saturated carbocycles. The predicted octanol–water partition coefficient (Wildman–Crippen LogP) is 0.942. The Hall–Kier alpha value is -0.860. The fraction of sp³-hybridized carbons (Fsp3) is 0.941. The fourth-order valence-corrected chi connectivity index (χ4v) is 4.20. The van der Waals surface area contributed by atoms with Gasteiger partial charge >= 0.3 is 0 Å². The maximum absolute atomic E-state index is 11.6. The van der Waals surface area contributed by atoms with Crippen LogP contribution in [0.2, 0.25) is 0 Å². The Labute approximate surface area is 154 Å². The maximum atomic E-state index is 11.6. The van der Waals surface area contributed by atoms with Crippen LogP contribution in [-0.2, 0) is 10.0 Å². The second-order valence-corrected chi connectivity index (χ2v) is 9.39. The van der Waals surface area contributed by atoms with Crippen LogP contribution < -0.4 is 10.6 Å². The molecule has 0 bridgehead atoms. The zero-order valence-corrected chi connectivity index (χ0v) is 17.6. The van der Waals surface area contributed by atoms with Crippen molar-refractivity contribution in [1.82, 2.24) is 19.8 Å². The summed E-state index contributed by atoms with van der Waals surface area (Å²) in [6, 6.07) is 1.05. The molecule has 0 aromatic carbocycles. The molecule has 0 aromatic heterocycles. The summed E-state index contributed by atoms with van der Waals surface area (Å²) in [5.41, 5.74) is 0. The molecule has 0 spiro atoms. The van der Waals surface area contributed by atoms with E-state index in [-0.39, 0.29) is 0 Å². The minimum atomic E-state index is -3.05. The van der Waals surface area contributed by atoms with E-state index in [0.717, 1.165) is 38.4 Å². The first-order valence-corrected chi connectivity index (χ1v) is 11.1. The molecule has 25 heavy (non-hydrogen) atoms. The molecule has 0 aromatic rings. The molecule has 0 unspecified atom stereocenters. The molecule has 7 nitrogen and oxygen atoms in total. The topological polar surface area (TPSA) is 77.0 Å². The van der Waals surface area contributed by atoms with Gasteiger partial charge < -0.3 is 10.6 Å². The lowest BCUT2D eigenvalue weighted by atomic mass is 9.98. The minimum Gasteiger partial charge on any atom is -0.356 e. The van der Waals surface area contributed by atoms with Crippen molar-refractivity contribution in [2.45, 2.75) is 52.6 Å². The average Bonchev–Trinajstić information content (AvgIpc) is 2.53. The van der Waals surface area contributed by atoms with Crippen molar-refractivity contribution in [2.75, 3.05) is 46.0 Å². The van der Waals surface area contributed by atoms with Crippen LogP contribution in [0.3, 0.4) is 0 Å². The van der Waals surface area contributed by atoms with E-state index in [2.05, 4.69) is 48.2 Å². The van der Waals surface area contributed by atoms with Crippen molar-refractivity contribution < 1.29 is 8.42 Å². The van der Waals surface area contributed by atoms with E-state index in [0.29, 0.717) is 31.1 Å². The third-order valence-electron chi connectivity index (χ3n) is 4.81. The number of nitrogens with zero attached hydrogens (tertiary/aromatic N) is 3. The van der Waals surface area contributed by atoms with Gasteiger partial charge in [0.05, 0.1) is 6.26 Å². The summed E-state index contributed by atoms with van der Waals surface area (Å²) in [5, 5.41) is 6.75. The second-order valence-electron chi connectivity index (χ2n) is 7.41. The van der Waals surface area contributed by atoms with E-state index in [1.807, 2.05) is 0 Å². The molecule has 1 rings (SSSR count). The van der Waals surface area contributed by atoms with E-state index in [1.165, 1.54) is 6.26 Å². The molecule has 1 saturated heterocycles. The third-order valence-corrected chi connectivity index (χ3v) is 6.12. The SMILES string of the molecule is CN=C(NCCN(C(C)C)C(C)C)NCC1CCN(S(C)(=O)=O)CC1. The number of nitrogens with one attached hydrogen (secondary N) is 2. The lowest BCUT2D eigenvalue weighted by Gasteiger charge is -2.31. The van der Waals surface area contributed by atoms with E-state index in [1.54, 1.807) is 11.4 Å². The van der Waals surface area contributed by atoms with Crippen LogP contribution in [0.1, 0.15) is 40.5 Å². The van der Waals surface area contributed by atoms with Gasteiger partial charge in [-0.15, -0.1) is 0 Å². The lowest BCUT2D eigenvalue weighted by Crippen LogP contribution is -2.47. The molecule has 0 radical (unpaired) electrons. The predicted molar refractivity (Wildman–Crippen MR) is 105 cm³/mol. The van der Waals surface area contributed by atoms with Gasteiger partial charge in [-0.05, 0) is 46.5 Å². The highest BCUT2D eigenvalue weighted by Gasteiger charge is 2.24. The van der Waals surface area contributed by atoms with Crippen molar-refractivity contribution in [3.8, 4) is 0 Å². The van der Waals surface area contributed by atoms with Crippen molar-refractivity contribution >= 4 is 16.0 Å². The van der Waals surface area contributed by atoms with Crippen LogP contribution in [0.15, 0.2) is 4.99 Å². The molecule has 1 heterocycles. The Morgan fingerprint density at radius 3 is 2.16 bits per heavy atom. The summed E-state index contributed by atoms with van der Waals surface area (Å²) in [6.07, 6.45) is 3.08. The molecule has 148 valence electrons. The zero-order valence-electron chi connectivity index (χ0n) is 16.7. The molecule has 1 fully saturated rings. The highest BCUT2D eigenvalue weighted by molar-refractivity contribution is 7.88. The average molecular weight is 376 g/mol. The summed E-state index contributed by atoms with van der Waals surface area (Å²) in [7, 11) is -1.27. The van der Waals surface area contributed by atoms with Gasteiger partial charge in [0.2, 0.25) is 10.0 Å². The van der Waals surface area contributed by atoms with Gasteiger partial charge in [0.25, 0.3) is 0 Å². The molecule has 8 heteroatoms. The summed E-state index contributed by atoms with van der Waals surface area (Å²) < 4.78 is 24.7. The van der Waals surface area contributed by atoms with Gasteiger partial charge in [0, 0.05) is 51.9 Å². The molecular weight excluding hydrogens is 338 g/mol. The van der Waals surface area contributed by atoms with E-state index in [4.69, 9.17) is 0 Å². The number of rotatable bonds is 8. The second kappa shape index (κ2) is 10.3. The highest BCUT2D eigenvalue weighted by atomic mass is 32.2. The van der Waals surface area contributed by atoms with Gasteiger partial charge in [-0.2, -0.15) is 0 Å². The molecule has 0 atom stereocenters. The van der Waals surface area contributed by atoms with Crippen LogP contribution in [0.5, 0.6) is 0 Å². The fourth-order valence-electron chi connectivity index (χ4n) is 3.32. The number of sulfonamides is 1.